The minimum atomic E-state index is -0.155. The van der Waals surface area contributed by atoms with Gasteiger partial charge in [-0.15, -0.1) is 0 Å². The first-order valence-corrected chi connectivity index (χ1v) is 9.99. The second-order valence-electron chi connectivity index (χ2n) is 7.45. The highest BCUT2D eigenvalue weighted by atomic mass is 32.1. The van der Waals surface area contributed by atoms with Crippen molar-refractivity contribution >= 4 is 23.1 Å². The van der Waals surface area contributed by atoms with Crippen LogP contribution in [0.3, 0.4) is 0 Å². The van der Waals surface area contributed by atoms with E-state index in [0.717, 1.165) is 53.5 Å². The second-order valence-corrected chi connectivity index (χ2v) is 7.83. The Morgan fingerprint density at radius 3 is 2.65 bits per heavy atom. The van der Waals surface area contributed by atoms with Gasteiger partial charge < -0.3 is 15.0 Å². The van der Waals surface area contributed by atoms with Gasteiger partial charge in [0.2, 0.25) is 0 Å². The van der Waals surface area contributed by atoms with Gasteiger partial charge in [0.05, 0.1) is 12.6 Å². The van der Waals surface area contributed by atoms with Crippen LogP contribution in [0.1, 0.15) is 58.1 Å². The molecule has 1 aromatic rings. The lowest BCUT2D eigenvalue weighted by Crippen LogP contribution is -2.49. The predicted octanol–water partition coefficient (Wildman–Crippen LogP) is 4.37. The molecule has 4 nitrogen and oxygen atoms in total. The van der Waals surface area contributed by atoms with Crippen molar-refractivity contribution in [3.63, 3.8) is 0 Å². The summed E-state index contributed by atoms with van der Waals surface area (Å²) in [5.41, 5.74) is 3.08. The van der Waals surface area contributed by atoms with E-state index in [0.29, 0.717) is 18.9 Å². The van der Waals surface area contributed by atoms with Crippen LogP contribution >= 0.6 is 12.2 Å². The first-order chi connectivity index (χ1) is 12.5. The van der Waals surface area contributed by atoms with E-state index in [2.05, 4.69) is 31.0 Å². The number of benzene rings is 1. The Hall–Kier alpha value is -1.88. The average molecular weight is 373 g/mol. The number of rotatable bonds is 6. The van der Waals surface area contributed by atoms with Crippen molar-refractivity contribution in [2.75, 3.05) is 13.2 Å². The minimum Gasteiger partial charge on any atom is -0.493 e. The van der Waals surface area contributed by atoms with Crippen LogP contribution in [0.5, 0.6) is 5.75 Å². The fraction of sp³-hybridized carbons (Fsp3) is 0.524. The topological polar surface area (TPSA) is 41.6 Å². The lowest BCUT2D eigenvalue weighted by molar-refractivity contribution is -0.116. The van der Waals surface area contributed by atoms with Gasteiger partial charge in [-0.1, -0.05) is 32.9 Å². The lowest BCUT2D eigenvalue weighted by atomic mass is 9.85. The highest BCUT2D eigenvalue weighted by Gasteiger charge is 2.36. The van der Waals surface area contributed by atoms with E-state index < -0.39 is 0 Å². The van der Waals surface area contributed by atoms with Crippen molar-refractivity contribution in [3.8, 4) is 5.75 Å². The summed E-state index contributed by atoms with van der Waals surface area (Å²) in [6.45, 7) is 7.95. The smallest absolute Gasteiger partial charge is 0.173 e. The molecule has 0 aromatic heterocycles. The predicted molar refractivity (Wildman–Crippen MR) is 108 cm³/mol. The van der Waals surface area contributed by atoms with Gasteiger partial charge in [-0.3, -0.25) is 4.79 Å². The third-order valence-electron chi connectivity index (χ3n) is 4.80. The van der Waals surface area contributed by atoms with Gasteiger partial charge in [-0.25, -0.2) is 0 Å². The van der Waals surface area contributed by atoms with Crippen molar-refractivity contribution in [3.05, 3.63) is 41.1 Å². The van der Waals surface area contributed by atoms with Crippen LogP contribution in [0.25, 0.3) is 0 Å². The van der Waals surface area contributed by atoms with Gasteiger partial charge in [0.25, 0.3) is 0 Å². The van der Waals surface area contributed by atoms with E-state index in [9.17, 15) is 4.79 Å². The van der Waals surface area contributed by atoms with Gasteiger partial charge in [0.1, 0.15) is 5.75 Å². The molecule has 1 atom stereocenters. The molecular formula is C21H28N2O2S. The van der Waals surface area contributed by atoms with Crippen molar-refractivity contribution in [1.29, 1.82) is 0 Å². The number of nitrogens with zero attached hydrogens (tertiary/aromatic N) is 1. The van der Waals surface area contributed by atoms with Gasteiger partial charge in [0.15, 0.2) is 10.9 Å². The molecule has 1 N–H and O–H groups in total. The van der Waals surface area contributed by atoms with Gasteiger partial charge >= 0.3 is 0 Å². The largest absolute Gasteiger partial charge is 0.493 e. The summed E-state index contributed by atoms with van der Waals surface area (Å²) >= 11 is 5.62. The summed E-state index contributed by atoms with van der Waals surface area (Å²) in [7, 11) is 0. The number of carbonyl (C=O) groups excluding carboxylic acids is 1. The lowest BCUT2D eigenvalue weighted by Gasteiger charge is -2.41. The molecule has 140 valence electrons. The highest BCUT2D eigenvalue weighted by molar-refractivity contribution is 7.80. The summed E-state index contributed by atoms with van der Waals surface area (Å²) in [5.74, 6) is 1.59. The van der Waals surface area contributed by atoms with Crippen molar-refractivity contribution in [1.82, 2.24) is 10.2 Å². The first-order valence-electron chi connectivity index (χ1n) is 9.58. The van der Waals surface area contributed by atoms with E-state index in [1.807, 2.05) is 24.3 Å². The molecule has 1 unspecified atom stereocenters. The van der Waals surface area contributed by atoms with E-state index in [1.165, 1.54) is 0 Å². The second kappa shape index (κ2) is 8.21. The molecule has 0 saturated carbocycles. The number of allylic oxidation sites excluding steroid dienone is 1. The molecule has 0 spiro atoms. The first kappa shape index (κ1) is 18.9. The molecule has 0 bridgehead atoms. The van der Waals surface area contributed by atoms with Gasteiger partial charge in [-0.2, -0.15) is 0 Å². The normalized spacial score (nSPS) is 20.3. The van der Waals surface area contributed by atoms with E-state index >= 15 is 0 Å². The van der Waals surface area contributed by atoms with E-state index in [4.69, 9.17) is 17.0 Å². The molecule has 0 radical (unpaired) electrons. The zero-order chi connectivity index (χ0) is 18.7. The van der Waals surface area contributed by atoms with Gasteiger partial charge in [0, 0.05) is 24.2 Å². The van der Waals surface area contributed by atoms with Crippen molar-refractivity contribution in [2.45, 2.75) is 52.5 Å². The molecule has 1 aromatic carbocycles. The van der Waals surface area contributed by atoms with Crippen LogP contribution in [0, 0.1) is 5.92 Å². The van der Waals surface area contributed by atoms with Crippen LogP contribution in [0.2, 0.25) is 0 Å². The fourth-order valence-corrected chi connectivity index (χ4v) is 3.90. The Bertz CT molecular complexity index is 709. The molecule has 0 saturated heterocycles. The van der Waals surface area contributed by atoms with E-state index in [-0.39, 0.29) is 11.8 Å². The number of carbonyl (C=O) groups is 1. The fourth-order valence-electron chi connectivity index (χ4n) is 3.58. The van der Waals surface area contributed by atoms with E-state index in [1.54, 1.807) is 0 Å². The number of hydrogen-bond donors (Lipinski definition) is 1. The maximum absolute atomic E-state index is 12.7. The zero-order valence-electron chi connectivity index (χ0n) is 15.9. The summed E-state index contributed by atoms with van der Waals surface area (Å²) in [6, 6.07) is 7.89. The van der Waals surface area contributed by atoms with Crippen LogP contribution in [0.15, 0.2) is 35.5 Å². The molecule has 5 heteroatoms. The number of ether oxygens (including phenoxy) is 1. The highest BCUT2D eigenvalue weighted by Crippen LogP contribution is 2.37. The Balaban J connectivity index is 1.90. The molecule has 2 aliphatic rings. The Labute approximate surface area is 161 Å². The Morgan fingerprint density at radius 2 is 2.00 bits per heavy atom. The monoisotopic (exact) mass is 372 g/mol. The summed E-state index contributed by atoms with van der Waals surface area (Å²) in [6.07, 6.45) is 3.46. The maximum atomic E-state index is 12.7. The quantitative estimate of drug-likeness (QED) is 0.751. The molecule has 1 aliphatic carbocycles. The number of nitrogens with one attached hydrogen (secondary N) is 1. The van der Waals surface area contributed by atoms with Crippen molar-refractivity contribution < 1.29 is 9.53 Å². The van der Waals surface area contributed by atoms with Crippen LogP contribution in [-0.2, 0) is 4.79 Å². The molecule has 26 heavy (non-hydrogen) atoms. The number of thiocarbonyl (C=S) groups is 1. The number of hydrogen-bond acceptors (Lipinski definition) is 3. The SMILES string of the molecule is CCCN1C(=S)NC(c2ccc(OCC(C)C)cc2)C2=C1CCCC2=O. The van der Waals surface area contributed by atoms with Crippen LogP contribution in [-0.4, -0.2) is 28.9 Å². The Kier molecular flexibility index (Phi) is 5.97. The molecular weight excluding hydrogens is 344 g/mol. The minimum absolute atomic E-state index is 0.155. The van der Waals surface area contributed by atoms with Crippen LogP contribution < -0.4 is 10.1 Å². The van der Waals surface area contributed by atoms with Gasteiger partial charge in [-0.05, 0) is 55.1 Å². The maximum Gasteiger partial charge on any atom is 0.173 e. The zero-order valence-corrected chi connectivity index (χ0v) is 16.7. The summed E-state index contributed by atoms with van der Waals surface area (Å²) in [5, 5.41) is 4.13. The average Bonchev–Trinajstić information content (AvgIpc) is 2.62. The molecule has 3 rings (SSSR count). The van der Waals surface area contributed by atoms with Crippen molar-refractivity contribution in [2.24, 2.45) is 5.92 Å². The number of ketones is 1. The molecule has 0 amide bonds. The van der Waals surface area contributed by atoms with Crippen LogP contribution in [0.4, 0.5) is 0 Å². The third kappa shape index (κ3) is 3.93. The summed E-state index contributed by atoms with van der Waals surface area (Å²) in [4.78, 5) is 14.8. The molecule has 1 aliphatic heterocycles. The molecule has 0 fully saturated rings. The summed E-state index contributed by atoms with van der Waals surface area (Å²) < 4.78 is 5.77. The third-order valence-corrected chi connectivity index (χ3v) is 5.14. The molecule has 1 heterocycles. The Morgan fingerprint density at radius 1 is 1.27 bits per heavy atom. The standard InChI is InChI=1S/C21H28N2O2S/c1-4-12-23-17-6-5-7-18(24)19(17)20(22-21(23)26)15-8-10-16(11-9-15)25-13-14(2)3/h8-11,14,20H,4-7,12-13H2,1-3H3,(H,22,26). The number of Topliss-reactive ketones (excluding diaryl/α,β-unsaturated/α-hetero) is 1.